The lowest BCUT2D eigenvalue weighted by molar-refractivity contribution is -0.0603. The third-order valence-corrected chi connectivity index (χ3v) is 6.42. The molecule has 3 nitrogen and oxygen atoms in total. The highest BCUT2D eigenvalue weighted by Crippen LogP contribution is 2.61. The number of nitrogens with zero attached hydrogens (tertiary/aromatic N) is 1. The number of pyridine rings is 1. The predicted molar refractivity (Wildman–Crippen MR) is 87.1 cm³/mol. The summed E-state index contributed by atoms with van der Waals surface area (Å²) in [4.78, 5) is 4.60. The van der Waals surface area contributed by atoms with Crippen molar-refractivity contribution in [2.75, 3.05) is 11.1 Å². The second kappa shape index (κ2) is 4.62. The lowest BCUT2D eigenvalue weighted by Gasteiger charge is -2.59. The summed E-state index contributed by atoms with van der Waals surface area (Å²) in [7, 11) is 0. The number of nitrogens with two attached hydrogens (primary N) is 1. The molecule has 0 aliphatic heterocycles. The summed E-state index contributed by atoms with van der Waals surface area (Å²) in [5.74, 6) is 3.85. The lowest BCUT2D eigenvalue weighted by Crippen LogP contribution is -2.53. The second-order valence-corrected chi connectivity index (χ2v) is 8.04. The van der Waals surface area contributed by atoms with E-state index in [4.69, 9.17) is 5.73 Å². The minimum Gasteiger partial charge on any atom is -0.396 e. The van der Waals surface area contributed by atoms with Crippen molar-refractivity contribution in [1.29, 1.82) is 0 Å². The van der Waals surface area contributed by atoms with E-state index in [-0.39, 0.29) is 0 Å². The average Bonchev–Trinajstić information content (AvgIpc) is 2.41. The summed E-state index contributed by atoms with van der Waals surface area (Å²) in [5, 5.41) is 3.67. The van der Waals surface area contributed by atoms with Gasteiger partial charge in [0, 0.05) is 11.7 Å². The van der Waals surface area contributed by atoms with Crippen LogP contribution in [0.1, 0.15) is 51.1 Å². The van der Waals surface area contributed by atoms with Gasteiger partial charge in [0.05, 0.1) is 5.69 Å². The van der Waals surface area contributed by atoms with Crippen molar-refractivity contribution in [1.82, 2.24) is 4.98 Å². The molecule has 0 radical (unpaired) electrons. The predicted octanol–water partition coefficient (Wildman–Crippen LogP) is 3.99. The largest absolute Gasteiger partial charge is 0.396 e. The first kappa shape index (κ1) is 13.4. The Morgan fingerprint density at radius 2 is 1.71 bits per heavy atom. The fraction of sp³-hybridized carbons (Fsp3) is 0.722. The number of aromatic nitrogens is 1. The smallest absolute Gasteiger partial charge is 0.149 e. The maximum Gasteiger partial charge on any atom is 0.149 e. The molecule has 0 aromatic carbocycles. The summed E-state index contributed by atoms with van der Waals surface area (Å²) in [6, 6.07) is 4.43. The molecule has 4 saturated carbocycles. The number of hydrogen-bond donors (Lipinski definition) is 2. The van der Waals surface area contributed by atoms with Gasteiger partial charge in [-0.3, -0.25) is 0 Å². The Bertz CT molecular complexity index is 516. The molecule has 3 heteroatoms. The Morgan fingerprint density at radius 1 is 1.14 bits per heavy atom. The maximum absolute atomic E-state index is 6.10. The van der Waals surface area contributed by atoms with Crippen LogP contribution in [0, 0.1) is 30.1 Å². The van der Waals surface area contributed by atoms with Crippen molar-refractivity contribution in [2.45, 2.75) is 58.4 Å². The van der Waals surface area contributed by atoms with Crippen molar-refractivity contribution < 1.29 is 0 Å². The second-order valence-electron chi connectivity index (χ2n) is 8.04. The van der Waals surface area contributed by atoms with Gasteiger partial charge >= 0.3 is 0 Å². The minimum absolute atomic E-state index is 0.475. The Kier molecular flexibility index (Phi) is 2.95. The van der Waals surface area contributed by atoms with Gasteiger partial charge in [-0.15, -0.1) is 0 Å². The molecule has 1 aromatic heterocycles. The minimum atomic E-state index is 0.475. The van der Waals surface area contributed by atoms with Crippen LogP contribution in [0.3, 0.4) is 0 Å². The van der Waals surface area contributed by atoms with E-state index in [0.29, 0.717) is 11.5 Å². The van der Waals surface area contributed by atoms with E-state index in [1.54, 1.807) is 0 Å². The van der Waals surface area contributed by atoms with E-state index < -0.39 is 0 Å². The fourth-order valence-corrected chi connectivity index (χ4v) is 5.75. The highest BCUT2D eigenvalue weighted by molar-refractivity contribution is 5.61. The quantitative estimate of drug-likeness (QED) is 0.883. The van der Waals surface area contributed by atoms with Crippen LogP contribution in [-0.2, 0) is 0 Å². The van der Waals surface area contributed by atoms with Gasteiger partial charge in [0.1, 0.15) is 5.82 Å². The van der Waals surface area contributed by atoms with Gasteiger partial charge in [-0.25, -0.2) is 4.98 Å². The Morgan fingerprint density at radius 3 is 2.29 bits per heavy atom. The molecule has 1 heterocycles. The van der Waals surface area contributed by atoms with E-state index in [9.17, 15) is 0 Å². The first-order valence-electron chi connectivity index (χ1n) is 8.54. The van der Waals surface area contributed by atoms with Crippen LogP contribution in [0.25, 0.3) is 0 Å². The molecule has 114 valence electrons. The van der Waals surface area contributed by atoms with Crippen LogP contribution in [0.4, 0.5) is 11.5 Å². The van der Waals surface area contributed by atoms with Gasteiger partial charge in [0.15, 0.2) is 0 Å². The Hall–Kier alpha value is -1.25. The van der Waals surface area contributed by atoms with Crippen LogP contribution in [0.15, 0.2) is 12.1 Å². The molecule has 3 N–H and O–H groups in total. The SMILES string of the molecule is Cc1ccc(N)c(NC(C)C23CC4CC(CC(C4)C2)C3)n1. The number of nitrogens with one attached hydrogen (secondary N) is 1. The Balaban J connectivity index is 1.57. The highest BCUT2D eigenvalue weighted by atomic mass is 15.0. The third kappa shape index (κ3) is 2.21. The number of rotatable bonds is 3. The zero-order valence-corrected chi connectivity index (χ0v) is 13.2. The topological polar surface area (TPSA) is 50.9 Å². The molecule has 0 spiro atoms. The fourth-order valence-electron chi connectivity index (χ4n) is 5.75. The van der Waals surface area contributed by atoms with Crippen LogP contribution in [-0.4, -0.2) is 11.0 Å². The van der Waals surface area contributed by atoms with Crippen molar-refractivity contribution in [2.24, 2.45) is 23.2 Å². The zero-order valence-electron chi connectivity index (χ0n) is 13.2. The summed E-state index contributed by atoms with van der Waals surface area (Å²) in [6.07, 6.45) is 8.74. The molecule has 4 aliphatic rings. The monoisotopic (exact) mass is 285 g/mol. The van der Waals surface area contributed by atoms with Gasteiger partial charge in [0.25, 0.3) is 0 Å². The summed E-state index contributed by atoms with van der Waals surface area (Å²) in [5.41, 5.74) is 8.40. The molecular weight excluding hydrogens is 258 g/mol. The third-order valence-electron chi connectivity index (χ3n) is 6.42. The molecule has 1 aromatic rings. The first-order chi connectivity index (χ1) is 10.0. The molecule has 21 heavy (non-hydrogen) atoms. The van der Waals surface area contributed by atoms with Gasteiger partial charge in [-0.1, -0.05) is 0 Å². The normalized spacial score (nSPS) is 38.5. The van der Waals surface area contributed by atoms with Gasteiger partial charge in [-0.2, -0.15) is 0 Å². The summed E-state index contributed by atoms with van der Waals surface area (Å²) < 4.78 is 0. The van der Waals surface area contributed by atoms with Gasteiger partial charge < -0.3 is 11.1 Å². The number of hydrogen-bond acceptors (Lipinski definition) is 3. The molecular formula is C18H27N3. The summed E-state index contributed by atoms with van der Waals surface area (Å²) >= 11 is 0. The molecule has 5 rings (SSSR count). The van der Waals surface area contributed by atoms with E-state index in [0.717, 1.165) is 35.0 Å². The van der Waals surface area contributed by atoms with Crippen LogP contribution in [0.5, 0.6) is 0 Å². The standard InChI is InChI=1S/C18H27N3/c1-11-3-4-16(19)17(20-11)21-12(2)18-8-13-5-14(9-18)7-15(6-13)10-18/h3-4,12-15H,5-10,19H2,1-2H3,(H,20,21). The highest BCUT2D eigenvalue weighted by Gasteiger charge is 2.53. The maximum atomic E-state index is 6.10. The van der Waals surface area contributed by atoms with E-state index in [1.807, 2.05) is 19.1 Å². The molecule has 4 aliphatic carbocycles. The van der Waals surface area contributed by atoms with Crippen molar-refractivity contribution in [3.05, 3.63) is 17.8 Å². The zero-order chi connectivity index (χ0) is 14.6. The summed E-state index contributed by atoms with van der Waals surface area (Å²) in [6.45, 7) is 4.39. The Labute approximate surface area is 127 Å². The van der Waals surface area contributed by atoms with Crippen LogP contribution in [0.2, 0.25) is 0 Å². The van der Waals surface area contributed by atoms with Gasteiger partial charge in [0.2, 0.25) is 0 Å². The van der Waals surface area contributed by atoms with Gasteiger partial charge in [-0.05, 0) is 87.7 Å². The molecule has 0 saturated heterocycles. The van der Waals surface area contributed by atoms with E-state index >= 15 is 0 Å². The number of anilines is 2. The molecule has 0 amide bonds. The molecule has 1 atom stereocenters. The average molecular weight is 285 g/mol. The van der Waals surface area contributed by atoms with Crippen molar-refractivity contribution in [3.63, 3.8) is 0 Å². The molecule has 4 fully saturated rings. The van der Waals surface area contributed by atoms with Crippen molar-refractivity contribution in [3.8, 4) is 0 Å². The molecule has 4 bridgehead atoms. The van der Waals surface area contributed by atoms with E-state index in [1.165, 1.54) is 38.5 Å². The van der Waals surface area contributed by atoms with E-state index in [2.05, 4.69) is 17.2 Å². The lowest BCUT2D eigenvalue weighted by atomic mass is 9.48. The first-order valence-corrected chi connectivity index (χ1v) is 8.54. The number of nitrogen functional groups attached to an aromatic ring is 1. The molecule has 1 unspecified atom stereocenters. The van der Waals surface area contributed by atoms with Crippen molar-refractivity contribution >= 4 is 11.5 Å². The van der Waals surface area contributed by atoms with Crippen LogP contribution >= 0.6 is 0 Å². The number of aryl methyl sites for hydroxylation is 1. The van der Waals surface area contributed by atoms with Crippen LogP contribution < -0.4 is 11.1 Å².